The molecule has 1 aromatic heterocycles. The number of nitrogens with zero attached hydrogens (tertiary/aromatic N) is 2. The molecule has 1 saturated carbocycles. The van der Waals surface area contributed by atoms with Gasteiger partial charge < -0.3 is 9.88 Å². The first-order valence-corrected chi connectivity index (χ1v) is 6.75. The molecule has 96 valence electrons. The second-order valence-corrected chi connectivity index (χ2v) is 5.91. The van der Waals surface area contributed by atoms with Crippen molar-refractivity contribution in [3.05, 3.63) is 18.2 Å². The fourth-order valence-corrected chi connectivity index (χ4v) is 3.50. The van der Waals surface area contributed by atoms with E-state index in [9.17, 15) is 0 Å². The Bertz CT molecular complexity index is 348. The van der Waals surface area contributed by atoms with E-state index in [1.54, 1.807) is 0 Å². The molecule has 3 heteroatoms. The molecule has 3 unspecified atom stereocenters. The predicted octanol–water partition coefficient (Wildman–Crippen LogP) is 2.75. The molecule has 1 aromatic rings. The fraction of sp³-hybridized carbons (Fsp3) is 0.786. The van der Waals surface area contributed by atoms with Gasteiger partial charge >= 0.3 is 0 Å². The van der Waals surface area contributed by atoms with Crippen molar-refractivity contribution in [2.45, 2.75) is 39.2 Å². The predicted molar refractivity (Wildman–Crippen MR) is 70.7 cm³/mol. The summed E-state index contributed by atoms with van der Waals surface area (Å²) in [6, 6.07) is 0.418. The van der Waals surface area contributed by atoms with Crippen molar-refractivity contribution in [1.29, 1.82) is 0 Å². The Morgan fingerprint density at radius 3 is 2.41 bits per heavy atom. The Labute approximate surface area is 105 Å². The molecule has 0 saturated heterocycles. The lowest BCUT2D eigenvalue weighted by molar-refractivity contribution is 0.179. The molecule has 2 rings (SSSR count). The molecule has 1 aliphatic carbocycles. The maximum Gasteiger partial charge on any atom is 0.0947 e. The van der Waals surface area contributed by atoms with Gasteiger partial charge in [-0.15, -0.1) is 0 Å². The monoisotopic (exact) mass is 235 g/mol. The van der Waals surface area contributed by atoms with Crippen molar-refractivity contribution >= 4 is 0 Å². The van der Waals surface area contributed by atoms with E-state index in [1.807, 2.05) is 17.9 Å². The minimum atomic E-state index is 0.418. The van der Waals surface area contributed by atoms with Crippen LogP contribution < -0.4 is 5.32 Å². The first-order chi connectivity index (χ1) is 8.10. The highest BCUT2D eigenvalue weighted by Crippen LogP contribution is 2.39. The second kappa shape index (κ2) is 5.21. The zero-order chi connectivity index (χ0) is 12.4. The zero-order valence-electron chi connectivity index (χ0n) is 11.5. The molecule has 0 bridgehead atoms. The third-order valence-corrected chi connectivity index (χ3v) is 4.04. The molecule has 1 aliphatic rings. The van der Waals surface area contributed by atoms with E-state index in [1.165, 1.54) is 25.0 Å². The van der Waals surface area contributed by atoms with Gasteiger partial charge in [-0.1, -0.05) is 13.8 Å². The summed E-state index contributed by atoms with van der Waals surface area (Å²) in [5.74, 6) is 2.43. The van der Waals surface area contributed by atoms with Gasteiger partial charge in [0, 0.05) is 13.2 Å². The van der Waals surface area contributed by atoms with Gasteiger partial charge in [-0.2, -0.15) is 0 Å². The van der Waals surface area contributed by atoms with Crippen LogP contribution in [0.3, 0.4) is 0 Å². The maximum atomic E-state index is 4.51. The van der Waals surface area contributed by atoms with Crippen molar-refractivity contribution in [3.8, 4) is 0 Å². The first-order valence-electron chi connectivity index (χ1n) is 6.75. The molecule has 1 N–H and O–H groups in total. The van der Waals surface area contributed by atoms with Gasteiger partial charge in [-0.05, 0) is 44.1 Å². The summed E-state index contributed by atoms with van der Waals surface area (Å²) in [5.41, 5.74) is 1.20. The number of aryl methyl sites for hydroxylation is 1. The van der Waals surface area contributed by atoms with Crippen molar-refractivity contribution in [1.82, 2.24) is 14.9 Å². The number of hydrogen-bond donors (Lipinski definition) is 1. The summed E-state index contributed by atoms with van der Waals surface area (Å²) >= 11 is 0. The number of nitrogens with one attached hydrogen (secondary N) is 1. The highest BCUT2D eigenvalue weighted by Gasteiger charge is 2.31. The molecule has 0 aliphatic heterocycles. The van der Waals surface area contributed by atoms with Gasteiger partial charge in [-0.3, -0.25) is 0 Å². The fourth-order valence-electron chi connectivity index (χ4n) is 3.50. The molecule has 1 fully saturated rings. The van der Waals surface area contributed by atoms with E-state index < -0.39 is 0 Å². The first kappa shape index (κ1) is 12.6. The van der Waals surface area contributed by atoms with Crippen LogP contribution in [-0.4, -0.2) is 16.6 Å². The molecule has 1 heterocycles. The second-order valence-electron chi connectivity index (χ2n) is 5.91. The third kappa shape index (κ3) is 2.89. The van der Waals surface area contributed by atoms with Gasteiger partial charge in [0.25, 0.3) is 0 Å². The van der Waals surface area contributed by atoms with Crippen LogP contribution in [0.1, 0.15) is 44.8 Å². The van der Waals surface area contributed by atoms with E-state index in [0.717, 1.165) is 17.8 Å². The molecular weight excluding hydrogens is 210 g/mol. The zero-order valence-corrected chi connectivity index (χ0v) is 11.5. The standard InChI is InChI=1S/C14H25N3/c1-10-5-11(2)7-12(6-10)14(15-3)13-8-17(4)9-16-13/h8-12,14-15H,5-7H2,1-4H3. The lowest BCUT2D eigenvalue weighted by Gasteiger charge is -2.35. The lowest BCUT2D eigenvalue weighted by atomic mass is 9.73. The normalized spacial score (nSPS) is 31.4. The summed E-state index contributed by atoms with van der Waals surface area (Å²) in [5, 5.41) is 3.47. The maximum absolute atomic E-state index is 4.51. The summed E-state index contributed by atoms with van der Waals surface area (Å²) in [6.45, 7) is 4.77. The van der Waals surface area contributed by atoms with E-state index >= 15 is 0 Å². The smallest absolute Gasteiger partial charge is 0.0947 e. The van der Waals surface area contributed by atoms with Crippen LogP contribution in [0.5, 0.6) is 0 Å². The van der Waals surface area contributed by atoms with Crippen LogP contribution in [0.2, 0.25) is 0 Å². The van der Waals surface area contributed by atoms with Crippen LogP contribution in [0.15, 0.2) is 12.5 Å². The summed E-state index contributed by atoms with van der Waals surface area (Å²) in [7, 11) is 4.10. The van der Waals surface area contributed by atoms with Crippen LogP contribution >= 0.6 is 0 Å². The average molecular weight is 235 g/mol. The van der Waals surface area contributed by atoms with Crippen LogP contribution in [-0.2, 0) is 7.05 Å². The van der Waals surface area contributed by atoms with E-state index in [2.05, 4.69) is 37.4 Å². The van der Waals surface area contributed by atoms with E-state index in [-0.39, 0.29) is 0 Å². The van der Waals surface area contributed by atoms with Gasteiger partial charge in [0.05, 0.1) is 18.1 Å². The van der Waals surface area contributed by atoms with Crippen molar-refractivity contribution in [3.63, 3.8) is 0 Å². The summed E-state index contributed by atoms with van der Waals surface area (Å²) in [6.07, 6.45) is 8.08. The Balaban J connectivity index is 2.12. The van der Waals surface area contributed by atoms with Crippen molar-refractivity contribution in [2.24, 2.45) is 24.8 Å². The van der Waals surface area contributed by atoms with Gasteiger partial charge in [0.1, 0.15) is 0 Å². The number of aromatic nitrogens is 2. The summed E-state index contributed by atoms with van der Waals surface area (Å²) < 4.78 is 2.04. The quantitative estimate of drug-likeness (QED) is 0.873. The van der Waals surface area contributed by atoms with E-state index in [0.29, 0.717) is 6.04 Å². The molecule has 0 radical (unpaired) electrons. The Hall–Kier alpha value is -0.830. The number of imidazole rings is 1. The van der Waals surface area contributed by atoms with Crippen LogP contribution in [0, 0.1) is 17.8 Å². The van der Waals surface area contributed by atoms with Gasteiger partial charge in [0.15, 0.2) is 0 Å². The molecular formula is C14H25N3. The molecule has 3 atom stereocenters. The minimum Gasteiger partial charge on any atom is -0.340 e. The molecule has 17 heavy (non-hydrogen) atoms. The Morgan fingerprint density at radius 2 is 1.94 bits per heavy atom. The highest BCUT2D eigenvalue weighted by atomic mass is 15.0. The minimum absolute atomic E-state index is 0.418. The van der Waals surface area contributed by atoms with Crippen molar-refractivity contribution < 1.29 is 0 Å². The van der Waals surface area contributed by atoms with Crippen LogP contribution in [0.4, 0.5) is 0 Å². The van der Waals surface area contributed by atoms with Crippen molar-refractivity contribution in [2.75, 3.05) is 7.05 Å². The third-order valence-electron chi connectivity index (χ3n) is 4.04. The SMILES string of the molecule is CNC(c1cn(C)cn1)C1CC(C)CC(C)C1. The van der Waals surface area contributed by atoms with E-state index in [4.69, 9.17) is 0 Å². The average Bonchev–Trinajstić information content (AvgIpc) is 2.64. The van der Waals surface area contributed by atoms with Gasteiger partial charge in [0.2, 0.25) is 0 Å². The topological polar surface area (TPSA) is 29.9 Å². The van der Waals surface area contributed by atoms with Crippen LogP contribution in [0.25, 0.3) is 0 Å². The molecule has 0 aromatic carbocycles. The van der Waals surface area contributed by atoms with Gasteiger partial charge in [-0.25, -0.2) is 4.98 Å². The summed E-state index contributed by atoms with van der Waals surface area (Å²) in [4.78, 5) is 4.51. The Kier molecular flexibility index (Phi) is 3.87. The largest absolute Gasteiger partial charge is 0.340 e. The Morgan fingerprint density at radius 1 is 1.29 bits per heavy atom. The lowest BCUT2D eigenvalue weighted by Crippen LogP contribution is -2.31. The molecule has 3 nitrogen and oxygen atoms in total. The molecule has 0 amide bonds. The number of hydrogen-bond acceptors (Lipinski definition) is 2. The number of rotatable bonds is 3. The molecule has 0 spiro atoms. The highest BCUT2D eigenvalue weighted by molar-refractivity contribution is 5.06.